The van der Waals surface area contributed by atoms with Crippen LogP contribution in [0.3, 0.4) is 0 Å². The molecule has 2 saturated carbocycles. The number of benzene rings is 1. The van der Waals surface area contributed by atoms with Gasteiger partial charge in [-0.3, -0.25) is 19.3 Å². The molecule has 3 aliphatic heterocycles. The van der Waals surface area contributed by atoms with E-state index in [9.17, 15) is 14.4 Å². The maximum absolute atomic E-state index is 13.9. The first kappa shape index (κ1) is 25.2. The predicted molar refractivity (Wildman–Crippen MR) is 144 cm³/mol. The molecule has 6 rings (SSSR count). The summed E-state index contributed by atoms with van der Waals surface area (Å²) in [7, 11) is 0. The van der Waals surface area contributed by atoms with Crippen molar-refractivity contribution in [1.82, 2.24) is 15.1 Å². The number of hydrogen-bond acceptors (Lipinski definition) is 7. The van der Waals surface area contributed by atoms with E-state index in [2.05, 4.69) is 15.1 Å². The molecule has 3 saturated heterocycles. The first-order valence-corrected chi connectivity index (χ1v) is 15.2. The maximum atomic E-state index is 13.9. The average Bonchev–Trinajstić information content (AvgIpc) is 3.32. The van der Waals surface area contributed by atoms with Crippen molar-refractivity contribution in [3.8, 4) is 0 Å². The van der Waals surface area contributed by atoms with Gasteiger partial charge < -0.3 is 19.9 Å². The number of piperazine rings is 1. The van der Waals surface area contributed by atoms with Crippen LogP contribution in [0.1, 0.15) is 48.9 Å². The Balaban J connectivity index is 1.13. The van der Waals surface area contributed by atoms with E-state index in [0.29, 0.717) is 12.1 Å². The Labute approximate surface area is 223 Å². The monoisotopic (exact) mass is 526 g/mol. The number of Topliss-reactive ketones (excluding diaryl/α,β-unsaturated/α-hetero) is 1. The van der Waals surface area contributed by atoms with Crippen molar-refractivity contribution in [2.75, 3.05) is 50.5 Å². The zero-order valence-corrected chi connectivity index (χ0v) is 22.5. The van der Waals surface area contributed by atoms with Crippen molar-refractivity contribution in [3.05, 3.63) is 29.8 Å². The molecule has 0 spiro atoms. The lowest BCUT2D eigenvalue weighted by Crippen LogP contribution is -2.54. The molecule has 2 aliphatic carbocycles. The summed E-state index contributed by atoms with van der Waals surface area (Å²) in [6, 6.07) is 7.47. The third-order valence-corrected chi connectivity index (χ3v) is 10.0. The molecular weight excluding hydrogens is 488 g/mol. The van der Waals surface area contributed by atoms with Crippen LogP contribution in [0.25, 0.3) is 0 Å². The number of nitrogens with one attached hydrogen (secondary N) is 1. The fraction of sp³-hybridized carbons (Fsp3) is 0.679. The summed E-state index contributed by atoms with van der Waals surface area (Å²) >= 11 is 1.64. The van der Waals surface area contributed by atoms with Crippen molar-refractivity contribution in [2.45, 2.75) is 68.0 Å². The summed E-state index contributed by atoms with van der Waals surface area (Å²) in [5.41, 5.74) is 1.71. The van der Waals surface area contributed by atoms with E-state index >= 15 is 0 Å². The highest BCUT2D eigenvalue weighted by atomic mass is 32.2. The van der Waals surface area contributed by atoms with Gasteiger partial charge in [0.05, 0.1) is 11.4 Å². The van der Waals surface area contributed by atoms with Crippen LogP contribution in [0.15, 0.2) is 24.3 Å². The van der Waals surface area contributed by atoms with Crippen LogP contribution in [-0.4, -0.2) is 102 Å². The van der Waals surface area contributed by atoms with Gasteiger partial charge in [0, 0.05) is 50.0 Å². The Morgan fingerprint density at radius 1 is 1.03 bits per heavy atom. The Morgan fingerprint density at radius 3 is 2.38 bits per heavy atom. The highest BCUT2D eigenvalue weighted by Gasteiger charge is 2.53. The molecule has 0 aromatic heterocycles. The molecule has 37 heavy (non-hydrogen) atoms. The number of fused-ring (bicyclic) bond motifs is 1. The largest absolute Gasteiger partial charge is 0.369 e. The molecule has 200 valence electrons. The van der Waals surface area contributed by atoms with E-state index in [0.717, 1.165) is 63.6 Å². The van der Waals surface area contributed by atoms with Crippen LogP contribution in [0, 0.1) is 5.92 Å². The smallest absolute Gasteiger partial charge is 0.251 e. The number of hydrogen-bond donors (Lipinski definition) is 1. The third kappa shape index (κ3) is 5.02. The van der Waals surface area contributed by atoms with E-state index in [1.807, 2.05) is 30.5 Å². The van der Waals surface area contributed by atoms with Crippen molar-refractivity contribution < 1.29 is 19.1 Å². The normalized spacial score (nSPS) is 29.5. The van der Waals surface area contributed by atoms with Crippen LogP contribution in [0.5, 0.6) is 0 Å². The number of ketones is 1. The predicted octanol–water partition coefficient (Wildman–Crippen LogP) is 2.17. The molecule has 0 unspecified atom stereocenters. The van der Waals surface area contributed by atoms with Gasteiger partial charge in [-0.2, -0.15) is 11.8 Å². The van der Waals surface area contributed by atoms with Gasteiger partial charge in [-0.25, -0.2) is 0 Å². The molecule has 4 atom stereocenters. The quantitative estimate of drug-likeness (QED) is 0.583. The molecule has 1 N–H and O–H groups in total. The van der Waals surface area contributed by atoms with E-state index in [-0.39, 0.29) is 41.5 Å². The summed E-state index contributed by atoms with van der Waals surface area (Å²) in [6.45, 7) is 4.78. The number of amides is 2. The Kier molecular flexibility index (Phi) is 7.20. The van der Waals surface area contributed by atoms with Gasteiger partial charge in [0.2, 0.25) is 5.91 Å². The van der Waals surface area contributed by atoms with E-state index in [1.54, 1.807) is 16.7 Å². The van der Waals surface area contributed by atoms with Gasteiger partial charge in [0.25, 0.3) is 5.91 Å². The summed E-state index contributed by atoms with van der Waals surface area (Å²) in [5.74, 6) is -0.278. The molecule has 8 nitrogen and oxygen atoms in total. The molecule has 1 aromatic rings. The Bertz CT molecular complexity index is 1020. The fourth-order valence-corrected chi connectivity index (χ4v) is 7.54. The van der Waals surface area contributed by atoms with Gasteiger partial charge in [-0.15, -0.1) is 0 Å². The molecule has 5 aliphatic rings. The lowest BCUT2D eigenvalue weighted by Gasteiger charge is -2.36. The summed E-state index contributed by atoms with van der Waals surface area (Å²) < 4.78 is 5.75. The molecule has 1 aromatic carbocycles. The summed E-state index contributed by atoms with van der Waals surface area (Å²) in [5, 5.41) is 3.18. The number of carbonyl (C=O) groups is 3. The second-order valence-electron chi connectivity index (χ2n) is 11.2. The van der Waals surface area contributed by atoms with Crippen LogP contribution < -0.4 is 10.2 Å². The topological polar surface area (TPSA) is 82.2 Å². The van der Waals surface area contributed by atoms with Crippen molar-refractivity contribution >= 4 is 35.0 Å². The molecule has 3 heterocycles. The average molecular weight is 527 g/mol. The SMILES string of the molecule is CS[C@H]1CN(C(=O)[C@@H](NC(=O)c2ccc(N3CCN(C4CC4)CC3)cc2)C2CCCC2)[C@@H]2C(=O)CO[C@H]12. The number of anilines is 1. The lowest BCUT2D eigenvalue weighted by molar-refractivity contribution is -0.139. The minimum absolute atomic E-state index is 0.0278. The zero-order chi connectivity index (χ0) is 25.5. The van der Waals surface area contributed by atoms with E-state index < -0.39 is 12.1 Å². The molecule has 0 bridgehead atoms. The minimum Gasteiger partial charge on any atom is -0.369 e. The first-order valence-electron chi connectivity index (χ1n) is 13.9. The van der Waals surface area contributed by atoms with Crippen molar-refractivity contribution in [3.63, 3.8) is 0 Å². The van der Waals surface area contributed by atoms with Crippen LogP contribution in [0.2, 0.25) is 0 Å². The van der Waals surface area contributed by atoms with Gasteiger partial charge in [0.15, 0.2) is 5.78 Å². The molecular formula is C28H38N4O4S. The van der Waals surface area contributed by atoms with Gasteiger partial charge >= 0.3 is 0 Å². The lowest BCUT2D eigenvalue weighted by atomic mass is 9.95. The second kappa shape index (κ2) is 10.6. The highest BCUT2D eigenvalue weighted by molar-refractivity contribution is 7.99. The number of rotatable bonds is 7. The standard InChI is InChI=1S/C28H38N4O4S/c1-37-23-16-32(25-22(33)17-36-26(23)25)28(35)24(18-4-2-3-5-18)29-27(34)19-6-8-20(9-7-19)30-12-14-31(15-13-30)21-10-11-21/h6-9,18,21,23-26H,2-5,10-17H2,1H3,(H,29,34)/t23-,24-,25+,26+/m0/s1. The van der Waals surface area contributed by atoms with Gasteiger partial charge in [0.1, 0.15) is 18.7 Å². The summed E-state index contributed by atoms with van der Waals surface area (Å²) in [4.78, 5) is 46.5. The van der Waals surface area contributed by atoms with Crippen LogP contribution in [-0.2, 0) is 14.3 Å². The number of carbonyl (C=O) groups excluding carboxylic acids is 3. The number of nitrogens with zero attached hydrogens (tertiary/aromatic N) is 3. The number of thioether (sulfide) groups is 1. The van der Waals surface area contributed by atoms with Gasteiger partial charge in [-0.1, -0.05) is 12.8 Å². The van der Waals surface area contributed by atoms with Gasteiger partial charge in [-0.05, 0) is 62.1 Å². The Morgan fingerprint density at radius 2 is 1.73 bits per heavy atom. The van der Waals surface area contributed by atoms with Crippen LogP contribution in [0.4, 0.5) is 5.69 Å². The molecule has 9 heteroatoms. The van der Waals surface area contributed by atoms with Crippen molar-refractivity contribution in [1.29, 1.82) is 0 Å². The number of likely N-dealkylation sites (tertiary alicyclic amines) is 1. The maximum Gasteiger partial charge on any atom is 0.251 e. The minimum atomic E-state index is -0.611. The second-order valence-corrected chi connectivity index (χ2v) is 12.3. The molecule has 2 amide bonds. The number of ether oxygens (including phenoxy) is 1. The third-order valence-electron chi connectivity index (χ3n) is 9.02. The summed E-state index contributed by atoms with van der Waals surface area (Å²) in [6.07, 6.45) is 8.40. The molecule has 0 radical (unpaired) electrons. The van der Waals surface area contributed by atoms with Crippen LogP contribution >= 0.6 is 11.8 Å². The first-order chi connectivity index (χ1) is 18.0. The zero-order valence-electron chi connectivity index (χ0n) is 21.6. The fourth-order valence-electron chi connectivity index (χ4n) is 6.73. The van der Waals surface area contributed by atoms with E-state index in [1.165, 1.54) is 12.8 Å². The molecule has 5 fully saturated rings. The van der Waals surface area contributed by atoms with E-state index in [4.69, 9.17) is 4.74 Å². The Hall–Kier alpha value is -2.10. The highest BCUT2D eigenvalue weighted by Crippen LogP contribution is 2.36. The van der Waals surface area contributed by atoms with Crippen molar-refractivity contribution in [2.24, 2.45) is 5.92 Å².